The average Bonchev–Trinajstić information content (AvgIpc) is 1.58. The molecule has 0 atom stereocenters. The zero-order valence-corrected chi connectivity index (χ0v) is 6.96. The van der Waals surface area contributed by atoms with E-state index in [0.29, 0.717) is 0 Å². The van der Waals surface area contributed by atoms with E-state index in [4.69, 9.17) is 22.6 Å². The van der Waals surface area contributed by atoms with Crippen molar-refractivity contribution < 1.29 is 31.0 Å². The van der Waals surface area contributed by atoms with Crippen LogP contribution in [0.25, 0.3) is 0 Å². The summed E-state index contributed by atoms with van der Waals surface area (Å²) in [6.07, 6.45) is 0. The van der Waals surface area contributed by atoms with Gasteiger partial charge in [0.2, 0.25) is 0 Å². The van der Waals surface area contributed by atoms with Gasteiger partial charge < -0.3 is 5.11 Å². The van der Waals surface area contributed by atoms with Gasteiger partial charge in [-0.05, 0) is 0 Å². The Morgan fingerprint density at radius 3 is 1.45 bits per heavy atom. The van der Waals surface area contributed by atoms with Gasteiger partial charge in [0.25, 0.3) is 0 Å². The fourth-order valence-electron chi connectivity index (χ4n) is 0.0816. The minimum atomic E-state index is -4.67. The molecule has 0 aliphatic carbocycles. The monoisotopic (exact) mass is 208 g/mol. The maximum Gasteiger partial charge on any atom is 0.394 e. The molecule has 9 heteroatoms. The van der Waals surface area contributed by atoms with Gasteiger partial charge in [0.05, 0.1) is 12.4 Å². The lowest BCUT2D eigenvalue weighted by Gasteiger charge is -1.73. The van der Waals surface area contributed by atoms with Crippen molar-refractivity contribution in [3.8, 4) is 0 Å². The molecule has 0 radical (unpaired) electrons. The molecule has 0 heterocycles. The summed E-state index contributed by atoms with van der Waals surface area (Å²) in [4.78, 5) is 0. The predicted octanol–water partition coefficient (Wildman–Crippen LogP) is -2.06. The Balaban J connectivity index is 0. The van der Waals surface area contributed by atoms with Gasteiger partial charge >= 0.3 is 10.4 Å². The first-order valence-corrected chi connectivity index (χ1v) is 4.96. The van der Waals surface area contributed by atoms with Crippen LogP contribution in [-0.2, 0) is 21.1 Å². The molecule has 0 amide bonds. The van der Waals surface area contributed by atoms with E-state index in [1.165, 1.54) is 0 Å². The summed E-state index contributed by atoms with van der Waals surface area (Å²) in [7, 11) is -7.02. The molecular weight excluding hydrogens is 200 g/mol. The maximum absolute atomic E-state index is 9.48. The third-order valence-electron chi connectivity index (χ3n) is 0.283. The topological polar surface area (TPSA) is 129 Å². The van der Waals surface area contributed by atoms with E-state index < -0.39 is 21.1 Å². The van der Waals surface area contributed by atoms with Gasteiger partial charge in [-0.1, -0.05) is 0 Å². The van der Waals surface area contributed by atoms with Crippen molar-refractivity contribution in [1.29, 1.82) is 0 Å². The van der Waals surface area contributed by atoms with Crippen LogP contribution in [0.3, 0.4) is 0 Å². The molecule has 0 saturated carbocycles. The predicted molar refractivity (Wildman–Crippen MR) is 36.4 cm³/mol. The van der Waals surface area contributed by atoms with Crippen LogP contribution in [0, 0.1) is 0 Å². The molecule has 0 rings (SSSR count). The lowest BCUT2D eigenvalue weighted by molar-refractivity contribution is 0.320. The smallest absolute Gasteiger partial charge is 0.394 e. The molecule has 0 saturated heterocycles. The summed E-state index contributed by atoms with van der Waals surface area (Å²) in [6.45, 7) is -0.265. The highest BCUT2D eigenvalue weighted by Crippen LogP contribution is 1.59. The van der Waals surface area contributed by atoms with Crippen molar-refractivity contribution in [2.75, 3.05) is 12.4 Å². The first-order chi connectivity index (χ1) is 4.77. The summed E-state index contributed by atoms with van der Waals surface area (Å²) >= 11 is 0. The van der Waals surface area contributed by atoms with E-state index in [0.717, 1.165) is 0 Å². The Hall–Kier alpha value is -0.220. The van der Waals surface area contributed by atoms with Crippen LogP contribution >= 0.6 is 0 Å². The molecule has 11 heavy (non-hydrogen) atoms. The first kappa shape index (κ1) is 13.4. The summed E-state index contributed by atoms with van der Waals surface area (Å²) in [5.41, 5.74) is 0. The maximum atomic E-state index is 9.48. The number of hydrogen-bond acceptors (Lipinski definition) is 5. The van der Waals surface area contributed by atoms with Crippen LogP contribution in [0.1, 0.15) is 0 Å². The van der Waals surface area contributed by atoms with E-state index in [1.54, 1.807) is 0 Å². The number of aliphatic hydroxyl groups excluding tert-OH is 1. The van der Waals surface area contributed by atoms with Gasteiger partial charge in [0, 0.05) is 0 Å². The Bertz CT molecular complexity index is 219. The SMILES string of the molecule is O=S(=O)(O)O.O=[SH](=O)CCO. The standard InChI is InChI=1S/C2H6O3S.H2O4S/c3-1-2-6(4)5;1-5(2,3)4/h3,6H,1-2H2;(H2,1,2,3,4). The molecule has 0 bridgehead atoms. The Labute approximate surface area is 65.2 Å². The summed E-state index contributed by atoms with van der Waals surface area (Å²) < 4.78 is 50.5. The van der Waals surface area contributed by atoms with Crippen molar-refractivity contribution in [1.82, 2.24) is 0 Å². The third-order valence-corrected chi connectivity index (χ3v) is 0.848. The lowest BCUT2D eigenvalue weighted by Crippen LogP contribution is -1.91. The van der Waals surface area contributed by atoms with Crippen LogP contribution in [-0.4, -0.2) is 43.4 Å². The highest BCUT2D eigenvalue weighted by atomic mass is 32.3. The fourth-order valence-corrected chi connectivity index (χ4v) is 0.245. The Morgan fingerprint density at radius 1 is 1.18 bits per heavy atom. The molecule has 0 aromatic rings. The third kappa shape index (κ3) is 76.6. The highest BCUT2D eigenvalue weighted by Gasteiger charge is 1.84. The second-order valence-corrected chi connectivity index (χ2v) is 3.24. The van der Waals surface area contributed by atoms with Crippen molar-refractivity contribution in [3.05, 3.63) is 0 Å². The molecule has 0 unspecified atom stereocenters. The van der Waals surface area contributed by atoms with E-state index in [9.17, 15) is 8.42 Å². The number of rotatable bonds is 2. The molecule has 70 valence electrons. The van der Waals surface area contributed by atoms with E-state index in [-0.39, 0.29) is 12.4 Å². The van der Waals surface area contributed by atoms with Crippen LogP contribution in [0.5, 0.6) is 0 Å². The first-order valence-electron chi connectivity index (χ1n) is 2.20. The molecule has 0 aromatic heterocycles. The Morgan fingerprint density at radius 2 is 1.45 bits per heavy atom. The molecule has 0 aromatic carbocycles. The highest BCUT2D eigenvalue weighted by molar-refractivity contribution is 7.79. The van der Waals surface area contributed by atoms with Crippen molar-refractivity contribution in [3.63, 3.8) is 0 Å². The zero-order valence-electron chi connectivity index (χ0n) is 5.24. The zero-order chi connectivity index (χ0) is 9.49. The molecular formula is C2H8O7S2. The van der Waals surface area contributed by atoms with Gasteiger partial charge in [-0.25, -0.2) is 8.42 Å². The number of aliphatic hydroxyl groups is 1. The molecule has 0 spiro atoms. The molecule has 3 N–H and O–H groups in total. The van der Waals surface area contributed by atoms with Gasteiger partial charge in [0.1, 0.15) is 10.7 Å². The number of thiol groups is 1. The summed E-state index contributed by atoms with van der Waals surface area (Å²) in [5.74, 6) is -0.116. The fraction of sp³-hybridized carbons (Fsp3) is 1.00. The van der Waals surface area contributed by atoms with Crippen LogP contribution < -0.4 is 0 Å². The minimum absolute atomic E-state index is 0.116. The quantitative estimate of drug-likeness (QED) is 0.303. The van der Waals surface area contributed by atoms with Gasteiger partial charge in [-0.2, -0.15) is 8.42 Å². The molecule has 7 nitrogen and oxygen atoms in total. The second kappa shape index (κ2) is 6.49. The summed E-state index contributed by atoms with van der Waals surface area (Å²) in [6, 6.07) is 0. The lowest BCUT2D eigenvalue weighted by atomic mass is 10.9. The van der Waals surface area contributed by atoms with Crippen molar-refractivity contribution in [2.45, 2.75) is 0 Å². The molecule has 0 fully saturated rings. The van der Waals surface area contributed by atoms with Gasteiger partial charge in [-0.3, -0.25) is 9.11 Å². The van der Waals surface area contributed by atoms with Gasteiger partial charge in [0.15, 0.2) is 0 Å². The largest absolute Gasteiger partial charge is 0.395 e. The normalized spacial score (nSPS) is 10.5. The average molecular weight is 208 g/mol. The van der Waals surface area contributed by atoms with E-state index >= 15 is 0 Å². The van der Waals surface area contributed by atoms with E-state index in [2.05, 4.69) is 0 Å². The molecule has 0 aliphatic rings. The van der Waals surface area contributed by atoms with Gasteiger partial charge in [-0.15, -0.1) is 0 Å². The van der Waals surface area contributed by atoms with Crippen LogP contribution in [0.2, 0.25) is 0 Å². The van der Waals surface area contributed by atoms with Crippen LogP contribution in [0.4, 0.5) is 0 Å². The number of hydrogen-bond donors (Lipinski definition) is 4. The molecule has 0 aliphatic heterocycles. The Kier molecular flexibility index (Phi) is 7.89. The van der Waals surface area contributed by atoms with E-state index in [1.807, 2.05) is 0 Å². The van der Waals surface area contributed by atoms with Crippen molar-refractivity contribution in [2.24, 2.45) is 0 Å². The van der Waals surface area contributed by atoms with Crippen LogP contribution in [0.15, 0.2) is 0 Å². The van der Waals surface area contributed by atoms with Crippen molar-refractivity contribution >= 4 is 21.1 Å². The summed E-state index contributed by atoms with van der Waals surface area (Å²) in [5, 5.41) is 7.85. The minimum Gasteiger partial charge on any atom is -0.395 e. The second-order valence-electron chi connectivity index (χ2n) is 1.23.